The van der Waals surface area contributed by atoms with Gasteiger partial charge in [0.1, 0.15) is 6.20 Å². The number of anilines is 1. The van der Waals surface area contributed by atoms with Crippen molar-refractivity contribution < 1.29 is 26.5 Å². The highest BCUT2D eigenvalue weighted by molar-refractivity contribution is 7.18. The first-order valence-electron chi connectivity index (χ1n) is 8.88. The third-order valence-electron chi connectivity index (χ3n) is 4.24. The summed E-state index contributed by atoms with van der Waals surface area (Å²) < 4.78 is 2.16. The summed E-state index contributed by atoms with van der Waals surface area (Å²) in [6.45, 7) is 6.80. The van der Waals surface area contributed by atoms with E-state index < -0.39 is 4.92 Å². The molecule has 0 spiro atoms. The summed E-state index contributed by atoms with van der Waals surface area (Å²) in [5, 5.41) is 19.2. The Morgan fingerprint density at radius 1 is 1.24 bits per heavy atom. The highest BCUT2D eigenvalue weighted by Gasteiger charge is 2.12. The molecule has 0 unspecified atom stereocenters. The molecule has 0 aliphatic heterocycles. The van der Waals surface area contributed by atoms with E-state index in [0.29, 0.717) is 0 Å². The van der Waals surface area contributed by atoms with Crippen LogP contribution in [0.4, 0.5) is 21.5 Å². The fourth-order valence-corrected chi connectivity index (χ4v) is 3.28. The molecule has 29 heavy (non-hydrogen) atoms. The molecule has 0 saturated carbocycles. The third kappa shape index (κ3) is 6.13. The molecular weight excluding hydrogens is 456 g/mol. The van der Waals surface area contributed by atoms with Crippen LogP contribution in [0.25, 0.3) is 0 Å². The highest BCUT2D eigenvalue weighted by Crippen LogP contribution is 2.30. The molecule has 0 aliphatic carbocycles. The molecule has 0 saturated heterocycles. The average molecular weight is 477 g/mol. The second-order valence-electron chi connectivity index (χ2n) is 6.10. The van der Waals surface area contributed by atoms with Gasteiger partial charge in [0, 0.05) is 24.4 Å². The number of aromatic nitrogens is 2. The topological polar surface area (TPSA) is 87.9 Å². The van der Waals surface area contributed by atoms with E-state index in [1.165, 1.54) is 6.20 Å². The SMILES string of the molecule is CCN(CC[n+]1ccccc1)c1ccc(N=Nc2ncc([N+](=O)[O-])s2)c(C)c1.[Br-]. The molecule has 0 fully saturated rings. The number of nitrogens with zero attached hydrogens (tertiary/aromatic N) is 6. The molecule has 2 heterocycles. The Kier molecular flexibility index (Phi) is 8.34. The highest BCUT2D eigenvalue weighted by atomic mass is 79.9. The quantitative estimate of drug-likeness (QED) is 0.213. The molecule has 152 valence electrons. The number of rotatable bonds is 8. The first-order valence-corrected chi connectivity index (χ1v) is 9.70. The summed E-state index contributed by atoms with van der Waals surface area (Å²) >= 11 is 0.901. The maximum absolute atomic E-state index is 10.7. The number of hydrogen-bond acceptors (Lipinski definition) is 7. The van der Waals surface area contributed by atoms with Crippen LogP contribution in [0.1, 0.15) is 12.5 Å². The molecule has 1 aromatic carbocycles. The van der Waals surface area contributed by atoms with E-state index in [1.807, 2.05) is 37.3 Å². The van der Waals surface area contributed by atoms with Gasteiger partial charge in [0.15, 0.2) is 18.9 Å². The van der Waals surface area contributed by atoms with Crippen molar-refractivity contribution in [1.82, 2.24) is 4.98 Å². The number of hydrogen-bond donors (Lipinski definition) is 0. The van der Waals surface area contributed by atoms with E-state index in [1.54, 1.807) is 0 Å². The lowest BCUT2D eigenvalue weighted by molar-refractivity contribution is -0.694. The van der Waals surface area contributed by atoms with E-state index in [-0.39, 0.29) is 27.1 Å². The van der Waals surface area contributed by atoms with Gasteiger partial charge in [-0.25, -0.2) is 9.55 Å². The van der Waals surface area contributed by atoms with Gasteiger partial charge >= 0.3 is 5.00 Å². The van der Waals surface area contributed by atoms with E-state index in [4.69, 9.17) is 0 Å². The first kappa shape index (κ1) is 22.6. The fraction of sp³-hybridized carbons (Fsp3) is 0.263. The predicted molar refractivity (Wildman–Crippen MR) is 109 cm³/mol. The van der Waals surface area contributed by atoms with Crippen LogP contribution in [0.2, 0.25) is 0 Å². The van der Waals surface area contributed by atoms with Gasteiger partial charge < -0.3 is 21.9 Å². The maximum Gasteiger partial charge on any atom is 0.345 e. The van der Waals surface area contributed by atoms with Gasteiger partial charge in [0.05, 0.1) is 17.2 Å². The van der Waals surface area contributed by atoms with Crippen LogP contribution in [-0.4, -0.2) is 23.0 Å². The van der Waals surface area contributed by atoms with Gasteiger partial charge in [-0.1, -0.05) is 6.07 Å². The summed E-state index contributed by atoms with van der Waals surface area (Å²) in [5.41, 5.74) is 2.83. The van der Waals surface area contributed by atoms with Crippen molar-refractivity contribution in [3.05, 3.63) is 70.7 Å². The van der Waals surface area contributed by atoms with Gasteiger partial charge in [0.2, 0.25) is 5.13 Å². The minimum atomic E-state index is -0.482. The molecule has 0 aliphatic rings. The van der Waals surface area contributed by atoms with Crippen molar-refractivity contribution in [3.63, 3.8) is 0 Å². The second-order valence-corrected chi connectivity index (χ2v) is 7.09. The molecule has 8 nitrogen and oxygen atoms in total. The minimum absolute atomic E-state index is 0. The van der Waals surface area contributed by atoms with Gasteiger partial charge in [-0.3, -0.25) is 10.1 Å². The molecular formula is C19H21BrN6O2S. The van der Waals surface area contributed by atoms with Crippen molar-refractivity contribution >= 4 is 32.8 Å². The number of nitro groups is 1. The molecule has 0 radical (unpaired) electrons. The van der Waals surface area contributed by atoms with Crippen LogP contribution in [-0.2, 0) is 6.54 Å². The van der Waals surface area contributed by atoms with E-state index in [9.17, 15) is 10.1 Å². The van der Waals surface area contributed by atoms with E-state index in [0.717, 1.165) is 47.9 Å². The minimum Gasteiger partial charge on any atom is -1.00 e. The zero-order valence-electron chi connectivity index (χ0n) is 16.1. The molecule has 0 atom stereocenters. The number of pyridine rings is 1. The van der Waals surface area contributed by atoms with E-state index >= 15 is 0 Å². The summed E-state index contributed by atoms with van der Waals surface area (Å²) in [7, 11) is 0. The number of likely N-dealkylation sites (N-methyl/N-ethyl adjacent to an activating group) is 1. The molecule has 0 amide bonds. The van der Waals surface area contributed by atoms with Gasteiger partial charge in [-0.15, -0.1) is 10.2 Å². The van der Waals surface area contributed by atoms with Crippen LogP contribution >= 0.6 is 11.3 Å². The van der Waals surface area contributed by atoms with Crippen molar-refractivity contribution in [2.45, 2.75) is 20.4 Å². The molecule has 3 aromatic rings. The first-order chi connectivity index (χ1) is 13.6. The molecule has 0 bridgehead atoms. The molecule has 2 aromatic heterocycles. The largest absolute Gasteiger partial charge is 1.00 e. The van der Waals surface area contributed by atoms with Crippen molar-refractivity contribution in [2.75, 3.05) is 18.0 Å². The predicted octanol–water partition coefficient (Wildman–Crippen LogP) is 1.59. The number of aryl methyl sites for hydroxylation is 1. The third-order valence-corrected chi connectivity index (χ3v) is 5.07. The number of halogens is 1. The molecule has 0 N–H and O–H groups in total. The summed E-state index contributed by atoms with van der Waals surface area (Å²) in [6, 6.07) is 12.1. The maximum atomic E-state index is 10.7. The lowest BCUT2D eigenvalue weighted by Gasteiger charge is -2.22. The monoisotopic (exact) mass is 476 g/mol. The van der Waals surface area contributed by atoms with E-state index in [2.05, 4.69) is 50.1 Å². The second kappa shape index (κ2) is 10.7. The standard InChI is InChI=1S/C19H21N6O2S.BrH/c1-3-24(12-11-23-9-5-4-6-10-23)16-7-8-17(15(2)13-16)21-22-19-20-14-18(28-19)25(26)27;/h4-10,13-14H,3,11-12H2,1-2H3;1H/q+1;/p-1. The van der Waals surface area contributed by atoms with Crippen molar-refractivity contribution in [2.24, 2.45) is 10.2 Å². The lowest BCUT2D eigenvalue weighted by Crippen LogP contribution is -3.00. The average Bonchev–Trinajstić information content (AvgIpc) is 3.18. The Hall–Kier alpha value is -2.72. The van der Waals surface area contributed by atoms with Gasteiger partial charge in [-0.2, -0.15) is 0 Å². The molecule has 10 heteroatoms. The smallest absolute Gasteiger partial charge is 0.345 e. The number of thiazole rings is 1. The lowest BCUT2D eigenvalue weighted by atomic mass is 10.1. The Labute approximate surface area is 183 Å². The zero-order chi connectivity index (χ0) is 19.9. The summed E-state index contributed by atoms with van der Waals surface area (Å²) in [6.07, 6.45) is 5.32. The normalized spacial score (nSPS) is 10.7. The van der Waals surface area contributed by atoms with Crippen molar-refractivity contribution in [3.8, 4) is 0 Å². The Bertz CT molecular complexity index is 980. The Balaban J connectivity index is 0.00000300. The van der Waals surface area contributed by atoms with Gasteiger partial charge in [-0.05, 0) is 48.9 Å². The van der Waals surface area contributed by atoms with Crippen LogP contribution in [0, 0.1) is 17.0 Å². The summed E-state index contributed by atoms with van der Waals surface area (Å²) in [4.78, 5) is 16.4. The fourth-order valence-electron chi connectivity index (χ4n) is 2.72. The Morgan fingerprint density at radius 3 is 2.62 bits per heavy atom. The van der Waals surface area contributed by atoms with Crippen LogP contribution in [0.5, 0.6) is 0 Å². The number of azo groups is 1. The van der Waals surface area contributed by atoms with Crippen LogP contribution < -0.4 is 26.4 Å². The van der Waals surface area contributed by atoms with Crippen LogP contribution in [0.15, 0.2) is 65.2 Å². The Morgan fingerprint density at radius 2 is 2.00 bits per heavy atom. The summed E-state index contributed by atoms with van der Waals surface area (Å²) in [5.74, 6) is 0. The zero-order valence-corrected chi connectivity index (χ0v) is 18.5. The number of benzene rings is 1. The van der Waals surface area contributed by atoms with Crippen LogP contribution in [0.3, 0.4) is 0 Å². The van der Waals surface area contributed by atoms with Crippen molar-refractivity contribution in [1.29, 1.82) is 0 Å². The van der Waals surface area contributed by atoms with Gasteiger partial charge in [0.25, 0.3) is 0 Å². The molecule has 3 rings (SSSR count).